The molecule has 18 heteroatoms. The van der Waals surface area contributed by atoms with Gasteiger partial charge in [-0.15, -0.1) is 23.2 Å². The topological polar surface area (TPSA) is 139 Å². The van der Waals surface area contributed by atoms with Crippen molar-refractivity contribution in [2.75, 3.05) is 102 Å². The molecule has 0 aromatic heterocycles. The first-order valence-electron chi connectivity index (χ1n) is 19.9. The Kier molecular flexibility index (Phi) is 51.9. The van der Waals surface area contributed by atoms with E-state index in [-0.39, 0.29) is 134 Å². The molecule has 0 saturated carbocycles. The predicted octanol–water partition coefficient (Wildman–Crippen LogP) is 0.754. The predicted molar refractivity (Wildman–Crippen MR) is 231 cm³/mol. The van der Waals surface area contributed by atoms with Gasteiger partial charge in [0.25, 0.3) is 6.47 Å². The Morgan fingerprint density at radius 1 is 0.667 bits per heavy atom. The minimum Gasteiger partial charge on any atom is -1.00 e. The summed E-state index contributed by atoms with van der Waals surface area (Å²) in [7, 11) is 0. The number of halogens is 3. The van der Waals surface area contributed by atoms with Crippen LogP contribution in [0, 0.1) is 17.8 Å². The number of hydrogen-bond acceptors (Lipinski definition) is 11. The van der Waals surface area contributed by atoms with Gasteiger partial charge < -0.3 is 46.4 Å². The fourth-order valence-corrected chi connectivity index (χ4v) is 5.60. The number of ether oxygens (including phenoxy) is 2. The molecule has 0 aromatic rings. The summed E-state index contributed by atoms with van der Waals surface area (Å²) in [6.45, 7) is 38.7. The Morgan fingerprint density at radius 2 is 0.965 bits per heavy atom. The maximum atomic E-state index is 11.9. The Morgan fingerprint density at radius 3 is 1.23 bits per heavy atom. The van der Waals surface area contributed by atoms with Gasteiger partial charge in [-0.05, 0) is 91.6 Å². The molecule has 3 aliphatic heterocycles. The molecular formula is C39H81BrCl2K2N6O7. The van der Waals surface area contributed by atoms with Gasteiger partial charge in [-0.3, -0.25) is 9.69 Å². The van der Waals surface area contributed by atoms with E-state index in [4.69, 9.17) is 42.7 Å². The minimum absolute atomic E-state index is 0. The van der Waals surface area contributed by atoms with E-state index in [0.29, 0.717) is 0 Å². The molecule has 57 heavy (non-hydrogen) atoms. The molecule has 0 aliphatic carbocycles. The van der Waals surface area contributed by atoms with E-state index in [1.165, 1.54) is 52.0 Å². The Bertz CT molecular complexity index is 928. The third kappa shape index (κ3) is 50.7. The molecule has 3 aliphatic rings. The van der Waals surface area contributed by atoms with Gasteiger partial charge >= 0.3 is 115 Å². The summed E-state index contributed by atoms with van der Waals surface area (Å²) in [4.78, 5) is 43.1. The summed E-state index contributed by atoms with van der Waals surface area (Å²) in [5, 5.41) is 16.3. The molecule has 3 heterocycles. The fourth-order valence-electron chi connectivity index (χ4n) is 4.69. The number of nitrogens with one attached hydrogen (secondary N) is 2. The zero-order chi connectivity index (χ0) is 42.9. The van der Waals surface area contributed by atoms with Crippen LogP contribution in [0.1, 0.15) is 104 Å². The van der Waals surface area contributed by atoms with Crippen LogP contribution in [0.3, 0.4) is 0 Å². The Balaban J connectivity index is -0.000000151. The molecule has 0 aromatic carbocycles. The van der Waals surface area contributed by atoms with Gasteiger partial charge in [0, 0.05) is 83.9 Å². The summed E-state index contributed by atoms with van der Waals surface area (Å²) in [6.07, 6.45) is 3.49. The first-order chi connectivity index (χ1) is 25.7. The summed E-state index contributed by atoms with van der Waals surface area (Å²) < 4.78 is 10.6. The van der Waals surface area contributed by atoms with Crippen molar-refractivity contribution < 1.29 is 138 Å². The van der Waals surface area contributed by atoms with Crippen molar-refractivity contribution in [2.24, 2.45) is 17.8 Å². The monoisotopic (exact) mass is 972 g/mol. The van der Waals surface area contributed by atoms with Gasteiger partial charge in [0.15, 0.2) is 0 Å². The van der Waals surface area contributed by atoms with Crippen LogP contribution in [-0.2, 0) is 19.2 Å². The molecular weight excluding hydrogens is 893 g/mol. The molecule has 0 atom stereocenters. The minimum atomic E-state index is -0.397. The molecule has 0 unspecified atom stereocenters. The van der Waals surface area contributed by atoms with E-state index in [1.54, 1.807) is 4.90 Å². The second-order valence-electron chi connectivity index (χ2n) is 16.6. The molecule has 13 nitrogen and oxygen atoms in total. The average Bonchev–Trinajstić information content (AvgIpc) is 3.11. The first-order valence-corrected chi connectivity index (χ1v) is 22.1. The van der Waals surface area contributed by atoms with Gasteiger partial charge in [0.1, 0.15) is 11.2 Å². The zero-order valence-electron chi connectivity index (χ0n) is 39.5. The number of amides is 2. The molecule has 0 spiro atoms. The quantitative estimate of drug-likeness (QED) is 0.111. The molecule has 2 amide bonds. The van der Waals surface area contributed by atoms with Gasteiger partial charge in [0.05, 0.1) is 5.34 Å². The van der Waals surface area contributed by atoms with Crippen molar-refractivity contribution in [3.05, 3.63) is 0 Å². The molecule has 3 saturated heterocycles. The second-order valence-corrected chi connectivity index (χ2v) is 18.2. The van der Waals surface area contributed by atoms with E-state index >= 15 is 0 Å². The Labute approximate surface area is 453 Å². The van der Waals surface area contributed by atoms with Gasteiger partial charge in [0.2, 0.25) is 0 Å². The van der Waals surface area contributed by atoms with Crippen molar-refractivity contribution in [2.45, 2.75) is 114 Å². The van der Waals surface area contributed by atoms with E-state index in [0.717, 1.165) is 82.0 Å². The molecule has 332 valence electrons. The van der Waals surface area contributed by atoms with E-state index in [9.17, 15) is 9.59 Å². The third-order valence-corrected chi connectivity index (χ3v) is 8.23. The van der Waals surface area contributed by atoms with Crippen LogP contribution in [0.25, 0.3) is 0 Å². The number of alkyl halides is 3. The maximum Gasteiger partial charge on any atom is 1.00 e. The largest absolute Gasteiger partial charge is 1.00 e. The summed E-state index contributed by atoms with van der Waals surface area (Å²) in [6, 6.07) is 0. The standard InChI is InChI=1S/C14H28N2O2.C9H18N2O2.C9H20N2.C5H11Br.CH2Cl2.CH2O3.2K.H/c1-12(2)6-7-15-8-10-16(11-9-15)13(17)18-14(3,4)5;1-9(2,3)13-8(12)11-6-4-10-5-7-11;1-9(2)3-6-11-7-4-10-5-8-11;1-5(2)3-4-6;2-1-3;2-1-4-3;;;/h12H,6-11H2,1-5H3;10H,4-7H2,1-3H3;9-10H,3-8H2,1-2H3;5H,3-4H2,1-2H3;1H2;1,3H;;;/q;;;;;;2*+1;-1/p-1. The summed E-state index contributed by atoms with van der Waals surface area (Å²) in [5.74, 6) is 2.45. The summed E-state index contributed by atoms with van der Waals surface area (Å²) >= 11 is 12.9. The number of piperazine rings is 3. The average molecular weight is 975 g/mol. The van der Waals surface area contributed by atoms with E-state index in [1.807, 2.05) is 46.4 Å². The van der Waals surface area contributed by atoms with Crippen LogP contribution in [0.2, 0.25) is 0 Å². The normalized spacial score (nSPS) is 15.8. The molecule has 0 bridgehead atoms. The smallest absolute Gasteiger partial charge is 1.00 e. The van der Waals surface area contributed by atoms with Crippen molar-refractivity contribution in [3.63, 3.8) is 0 Å². The van der Waals surface area contributed by atoms with Crippen LogP contribution in [-0.4, -0.2) is 152 Å². The van der Waals surface area contributed by atoms with Crippen LogP contribution in [0.15, 0.2) is 0 Å². The Hall–Kier alpha value is 2.14. The number of carbonyl (C=O) groups excluding carboxylic acids is 3. The van der Waals surface area contributed by atoms with Crippen LogP contribution in [0.4, 0.5) is 9.59 Å². The number of carbonyl (C=O) groups is 3. The third-order valence-electron chi connectivity index (χ3n) is 7.77. The number of rotatable bonds is 9. The second kappa shape index (κ2) is 43.4. The zero-order valence-corrected chi connectivity index (χ0v) is 47.9. The summed E-state index contributed by atoms with van der Waals surface area (Å²) in [5.41, 5.74) is -0.784. The van der Waals surface area contributed by atoms with Crippen molar-refractivity contribution in [1.29, 1.82) is 0 Å². The fraction of sp³-hybridized carbons (Fsp3) is 0.923. The van der Waals surface area contributed by atoms with Gasteiger partial charge in [-0.1, -0.05) is 57.5 Å². The van der Waals surface area contributed by atoms with Crippen LogP contribution >= 0.6 is 39.1 Å². The van der Waals surface area contributed by atoms with Gasteiger partial charge in [-0.25, -0.2) is 9.59 Å². The van der Waals surface area contributed by atoms with Crippen molar-refractivity contribution in [1.82, 2.24) is 30.2 Å². The molecule has 0 radical (unpaired) electrons. The number of hydrogen-bond donors (Lipinski definition) is 2. The number of nitrogens with zero attached hydrogens (tertiary/aromatic N) is 4. The van der Waals surface area contributed by atoms with Gasteiger partial charge in [-0.2, -0.15) is 0 Å². The van der Waals surface area contributed by atoms with Crippen molar-refractivity contribution in [3.8, 4) is 0 Å². The van der Waals surface area contributed by atoms with E-state index in [2.05, 4.69) is 82.8 Å². The van der Waals surface area contributed by atoms with E-state index < -0.39 is 5.60 Å². The first kappa shape index (κ1) is 68.2. The van der Waals surface area contributed by atoms with Crippen molar-refractivity contribution >= 4 is 57.8 Å². The molecule has 3 fully saturated rings. The van der Waals surface area contributed by atoms with Crippen LogP contribution < -0.4 is 119 Å². The maximum absolute atomic E-state index is 11.9. The molecule has 3 rings (SSSR count). The van der Waals surface area contributed by atoms with Crippen LogP contribution in [0.5, 0.6) is 0 Å². The SMILES string of the molecule is CC(C)(C)OC(=O)N1CCNCC1.CC(C)CCBr.CC(C)CCN1CCN(C(=O)OC(C)(C)C)CC1.CC(C)CCN1CCNCC1.ClCCl.O=CO[O-].[H-].[K+].[K+]. The molecule has 2 N–H and O–H groups in total.